The van der Waals surface area contributed by atoms with E-state index in [0.717, 1.165) is 4.47 Å². The second kappa shape index (κ2) is 6.38. The number of benzene rings is 1. The van der Waals surface area contributed by atoms with Gasteiger partial charge in [0.2, 0.25) is 0 Å². The monoisotopic (exact) mass is 319 g/mol. The van der Waals surface area contributed by atoms with Crippen LogP contribution in [0.2, 0.25) is 5.02 Å². The van der Waals surface area contributed by atoms with Crippen LogP contribution in [0.15, 0.2) is 22.7 Å². The molecular formula is C12H15BrClNO2. The summed E-state index contributed by atoms with van der Waals surface area (Å²) >= 11 is 9.24. The highest BCUT2D eigenvalue weighted by Gasteiger charge is 2.18. The van der Waals surface area contributed by atoms with E-state index >= 15 is 0 Å². The van der Waals surface area contributed by atoms with E-state index in [-0.39, 0.29) is 24.5 Å². The summed E-state index contributed by atoms with van der Waals surface area (Å²) in [5.74, 6) is -0.112. The van der Waals surface area contributed by atoms with Crippen molar-refractivity contribution in [1.29, 1.82) is 0 Å². The summed E-state index contributed by atoms with van der Waals surface area (Å²) in [6.07, 6.45) is 0. The number of hydrogen-bond donors (Lipinski definition) is 2. The zero-order valence-electron chi connectivity index (χ0n) is 9.71. The van der Waals surface area contributed by atoms with Crippen LogP contribution in [0, 0.1) is 5.92 Å². The summed E-state index contributed by atoms with van der Waals surface area (Å²) < 4.78 is 0.789. The minimum atomic E-state index is -0.274. The van der Waals surface area contributed by atoms with Gasteiger partial charge in [0.05, 0.1) is 23.2 Å². The lowest BCUT2D eigenvalue weighted by atomic mass is 10.0. The molecule has 0 fully saturated rings. The van der Waals surface area contributed by atoms with Crippen LogP contribution >= 0.6 is 27.5 Å². The number of aliphatic hydroxyl groups is 1. The Hall–Kier alpha value is -0.580. The normalized spacial score (nSPS) is 12.6. The van der Waals surface area contributed by atoms with E-state index in [2.05, 4.69) is 21.2 Å². The van der Waals surface area contributed by atoms with Gasteiger partial charge >= 0.3 is 0 Å². The van der Waals surface area contributed by atoms with Crippen LogP contribution in [0.5, 0.6) is 0 Å². The standard InChI is InChI=1S/C12H15BrClNO2/c1-7(2)11(6-16)15-12(17)9-5-8(13)3-4-10(9)14/h3-5,7,11,16H,6H2,1-2H3,(H,15,17)/t11-/m1/s1. The second-order valence-electron chi connectivity index (χ2n) is 4.13. The zero-order valence-corrected chi connectivity index (χ0v) is 12.0. The van der Waals surface area contributed by atoms with Crippen molar-refractivity contribution in [2.75, 3.05) is 6.61 Å². The Morgan fingerprint density at radius 3 is 2.71 bits per heavy atom. The van der Waals surface area contributed by atoms with E-state index in [1.165, 1.54) is 0 Å². The highest BCUT2D eigenvalue weighted by molar-refractivity contribution is 9.10. The highest BCUT2D eigenvalue weighted by Crippen LogP contribution is 2.21. The van der Waals surface area contributed by atoms with Crippen LogP contribution < -0.4 is 5.32 Å². The second-order valence-corrected chi connectivity index (χ2v) is 5.45. The van der Waals surface area contributed by atoms with Gasteiger partial charge in [-0.3, -0.25) is 4.79 Å². The Balaban J connectivity index is 2.86. The lowest BCUT2D eigenvalue weighted by molar-refractivity contribution is 0.0897. The first-order valence-corrected chi connectivity index (χ1v) is 6.49. The number of nitrogens with one attached hydrogen (secondary N) is 1. The lowest BCUT2D eigenvalue weighted by Crippen LogP contribution is -2.41. The van der Waals surface area contributed by atoms with E-state index in [4.69, 9.17) is 16.7 Å². The quantitative estimate of drug-likeness (QED) is 0.896. The average molecular weight is 321 g/mol. The van der Waals surface area contributed by atoms with Gasteiger partial charge in [0.15, 0.2) is 0 Å². The molecule has 0 radical (unpaired) electrons. The third-order valence-corrected chi connectivity index (χ3v) is 3.31. The molecule has 17 heavy (non-hydrogen) atoms. The number of hydrogen-bond acceptors (Lipinski definition) is 2. The van der Waals surface area contributed by atoms with Crippen molar-refractivity contribution in [3.8, 4) is 0 Å². The van der Waals surface area contributed by atoms with Crippen molar-refractivity contribution < 1.29 is 9.90 Å². The van der Waals surface area contributed by atoms with Gasteiger partial charge in [-0.1, -0.05) is 41.4 Å². The molecule has 5 heteroatoms. The summed E-state index contributed by atoms with van der Waals surface area (Å²) in [5, 5.41) is 12.3. The summed E-state index contributed by atoms with van der Waals surface area (Å²) in [6, 6.07) is 4.82. The molecule has 1 aromatic carbocycles. The average Bonchev–Trinajstić information content (AvgIpc) is 2.28. The molecule has 1 aromatic rings. The lowest BCUT2D eigenvalue weighted by Gasteiger charge is -2.20. The van der Waals surface area contributed by atoms with Gasteiger partial charge in [-0.2, -0.15) is 0 Å². The molecule has 0 spiro atoms. The Morgan fingerprint density at radius 2 is 2.18 bits per heavy atom. The predicted molar refractivity (Wildman–Crippen MR) is 72.3 cm³/mol. The van der Waals surface area contributed by atoms with Crippen LogP contribution in [-0.2, 0) is 0 Å². The molecule has 2 N–H and O–H groups in total. The topological polar surface area (TPSA) is 49.3 Å². The minimum absolute atomic E-state index is 0.0883. The molecule has 0 aromatic heterocycles. The Bertz CT molecular complexity index is 409. The van der Waals surface area contributed by atoms with Gasteiger partial charge in [0, 0.05) is 4.47 Å². The molecule has 1 amide bonds. The van der Waals surface area contributed by atoms with Gasteiger partial charge < -0.3 is 10.4 Å². The van der Waals surface area contributed by atoms with Crippen molar-refractivity contribution in [3.05, 3.63) is 33.3 Å². The van der Waals surface area contributed by atoms with Gasteiger partial charge in [-0.25, -0.2) is 0 Å². The van der Waals surface area contributed by atoms with Crippen LogP contribution in [0.4, 0.5) is 0 Å². The first-order valence-electron chi connectivity index (χ1n) is 5.32. The van der Waals surface area contributed by atoms with Crippen molar-refractivity contribution in [2.24, 2.45) is 5.92 Å². The van der Waals surface area contributed by atoms with E-state index in [9.17, 15) is 4.79 Å². The van der Waals surface area contributed by atoms with Crippen molar-refractivity contribution in [3.63, 3.8) is 0 Å². The van der Waals surface area contributed by atoms with Gasteiger partial charge in [-0.15, -0.1) is 0 Å². The number of halogens is 2. The summed E-state index contributed by atoms with van der Waals surface area (Å²) in [4.78, 5) is 12.0. The number of carbonyl (C=O) groups is 1. The summed E-state index contributed by atoms with van der Waals surface area (Å²) in [6.45, 7) is 3.78. The number of aliphatic hydroxyl groups excluding tert-OH is 1. The Morgan fingerprint density at radius 1 is 1.53 bits per heavy atom. The zero-order chi connectivity index (χ0) is 13.0. The van der Waals surface area contributed by atoms with Crippen LogP contribution in [0.25, 0.3) is 0 Å². The van der Waals surface area contributed by atoms with Crippen molar-refractivity contribution >= 4 is 33.4 Å². The Kier molecular flexibility index (Phi) is 5.43. The molecular weight excluding hydrogens is 305 g/mol. The largest absolute Gasteiger partial charge is 0.394 e. The highest BCUT2D eigenvalue weighted by atomic mass is 79.9. The maximum Gasteiger partial charge on any atom is 0.253 e. The maximum atomic E-state index is 12.0. The SMILES string of the molecule is CC(C)[C@@H](CO)NC(=O)c1cc(Br)ccc1Cl. The summed E-state index contributed by atoms with van der Waals surface area (Å²) in [5.41, 5.74) is 0.403. The molecule has 0 aliphatic heterocycles. The fourth-order valence-corrected chi connectivity index (χ4v) is 1.91. The molecule has 0 saturated carbocycles. The van der Waals surface area contributed by atoms with Crippen LogP contribution in [0.1, 0.15) is 24.2 Å². The van der Waals surface area contributed by atoms with Gasteiger partial charge in [0.25, 0.3) is 5.91 Å². The molecule has 3 nitrogen and oxygen atoms in total. The molecule has 0 heterocycles. The third-order valence-electron chi connectivity index (χ3n) is 2.49. The molecule has 0 saturated heterocycles. The van der Waals surface area contributed by atoms with E-state index in [1.54, 1.807) is 18.2 Å². The number of rotatable bonds is 4. The molecule has 0 unspecified atom stereocenters. The third kappa shape index (κ3) is 3.98. The first-order chi connectivity index (χ1) is 7.95. The molecule has 0 aliphatic carbocycles. The molecule has 1 atom stereocenters. The fourth-order valence-electron chi connectivity index (χ4n) is 1.34. The van der Waals surface area contributed by atoms with Crippen molar-refractivity contribution in [1.82, 2.24) is 5.32 Å². The summed E-state index contributed by atoms with van der Waals surface area (Å²) in [7, 11) is 0. The molecule has 94 valence electrons. The minimum Gasteiger partial charge on any atom is -0.394 e. The first kappa shape index (κ1) is 14.5. The van der Waals surface area contributed by atoms with E-state index < -0.39 is 0 Å². The molecule has 1 rings (SSSR count). The number of amides is 1. The van der Waals surface area contributed by atoms with Crippen LogP contribution in [-0.4, -0.2) is 23.7 Å². The fraction of sp³-hybridized carbons (Fsp3) is 0.417. The van der Waals surface area contributed by atoms with Gasteiger partial charge in [-0.05, 0) is 24.1 Å². The molecule has 0 aliphatic rings. The Labute approximate surface area is 114 Å². The smallest absolute Gasteiger partial charge is 0.253 e. The maximum absolute atomic E-state index is 12.0. The van der Waals surface area contributed by atoms with Crippen molar-refractivity contribution in [2.45, 2.75) is 19.9 Å². The van der Waals surface area contributed by atoms with Crippen LogP contribution in [0.3, 0.4) is 0 Å². The van der Waals surface area contributed by atoms with Gasteiger partial charge in [0.1, 0.15) is 0 Å². The van der Waals surface area contributed by atoms with E-state index in [1.807, 2.05) is 13.8 Å². The number of carbonyl (C=O) groups excluding carboxylic acids is 1. The molecule has 0 bridgehead atoms. The van der Waals surface area contributed by atoms with E-state index in [0.29, 0.717) is 10.6 Å². The predicted octanol–water partition coefficient (Wildman–Crippen LogP) is 2.85.